The van der Waals surface area contributed by atoms with Crippen molar-refractivity contribution in [2.24, 2.45) is 0 Å². The van der Waals surface area contributed by atoms with Crippen LogP contribution in [0.3, 0.4) is 0 Å². The molecule has 0 unspecified atom stereocenters. The average Bonchev–Trinajstić information content (AvgIpc) is 2.19. The average molecular weight is 340 g/mol. The second-order valence-corrected chi connectivity index (χ2v) is 4.36. The Bertz CT molecular complexity index is 405. The van der Waals surface area contributed by atoms with Crippen LogP contribution >= 0.6 is 22.6 Å². The summed E-state index contributed by atoms with van der Waals surface area (Å²) in [5, 5.41) is 0. The smallest absolute Gasteiger partial charge is 0.387 e. The predicted octanol–water partition coefficient (Wildman–Crippen LogP) is 3.66. The van der Waals surface area contributed by atoms with Crippen molar-refractivity contribution in [3.63, 3.8) is 0 Å². The van der Waals surface area contributed by atoms with Gasteiger partial charge in [-0.05, 0) is 47.6 Å². The molecule has 0 saturated carbocycles. The molecule has 0 bridgehead atoms. The highest BCUT2D eigenvalue weighted by molar-refractivity contribution is 14.1. The minimum atomic E-state index is -2.92. The van der Waals surface area contributed by atoms with E-state index in [0.29, 0.717) is 9.99 Å². The lowest BCUT2D eigenvalue weighted by Gasteiger charge is -2.14. The maximum absolute atomic E-state index is 12.2. The quantitative estimate of drug-likeness (QED) is 0.618. The van der Waals surface area contributed by atoms with E-state index in [9.17, 15) is 13.6 Å². The van der Waals surface area contributed by atoms with Crippen LogP contribution < -0.4 is 4.74 Å². The molecule has 0 heterocycles. The minimum Gasteiger partial charge on any atom is -0.433 e. The van der Waals surface area contributed by atoms with Gasteiger partial charge in [-0.25, -0.2) is 0 Å². The first kappa shape index (κ1) is 13.3. The van der Waals surface area contributed by atoms with Crippen molar-refractivity contribution >= 4 is 28.4 Å². The minimum absolute atomic E-state index is 0.0116. The summed E-state index contributed by atoms with van der Waals surface area (Å²) in [7, 11) is 0. The van der Waals surface area contributed by atoms with Crippen molar-refractivity contribution in [1.82, 2.24) is 0 Å². The van der Waals surface area contributed by atoms with Crippen molar-refractivity contribution < 1.29 is 18.3 Å². The number of ketones is 1. The van der Waals surface area contributed by atoms with Crippen LogP contribution in [0.1, 0.15) is 29.8 Å². The van der Waals surface area contributed by atoms with Crippen LogP contribution in [0, 0.1) is 3.57 Å². The van der Waals surface area contributed by atoms with Gasteiger partial charge in [-0.3, -0.25) is 4.79 Å². The Balaban J connectivity index is 3.35. The number of ether oxygens (including phenoxy) is 1. The van der Waals surface area contributed by atoms with Gasteiger partial charge in [0.1, 0.15) is 5.75 Å². The Kier molecular flexibility index (Phi) is 4.64. The molecule has 0 aliphatic heterocycles. The number of benzene rings is 1. The van der Waals surface area contributed by atoms with Crippen LogP contribution in [0.2, 0.25) is 0 Å². The summed E-state index contributed by atoms with van der Waals surface area (Å²) in [6, 6.07) is 3.43. The first-order chi connectivity index (χ1) is 7.47. The van der Waals surface area contributed by atoms with Crippen molar-refractivity contribution in [2.45, 2.75) is 26.9 Å². The lowest BCUT2D eigenvalue weighted by molar-refractivity contribution is -0.0507. The molecular formula is C11H11F2IO2. The molecule has 16 heavy (non-hydrogen) atoms. The van der Waals surface area contributed by atoms with Crippen LogP contribution in [-0.4, -0.2) is 12.4 Å². The van der Waals surface area contributed by atoms with Crippen molar-refractivity contribution in [2.75, 3.05) is 0 Å². The van der Waals surface area contributed by atoms with E-state index >= 15 is 0 Å². The second kappa shape index (κ2) is 5.56. The van der Waals surface area contributed by atoms with Gasteiger partial charge >= 0.3 is 6.61 Å². The summed E-state index contributed by atoms with van der Waals surface area (Å²) in [6.07, 6.45) is 0.603. The van der Waals surface area contributed by atoms with Gasteiger partial charge in [-0.15, -0.1) is 0 Å². The molecule has 1 aromatic rings. The Labute approximate surface area is 106 Å². The highest BCUT2D eigenvalue weighted by atomic mass is 127. The second-order valence-electron chi connectivity index (χ2n) is 3.20. The lowest BCUT2D eigenvalue weighted by Crippen LogP contribution is -2.10. The zero-order chi connectivity index (χ0) is 12.3. The monoisotopic (exact) mass is 340 g/mol. The summed E-state index contributed by atoms with van der Waals surface area (Å²) in [5.74, 6) is -0.270. The van der Waals surface area contributed by atoms with Gasteiger partial charge in [0, 0.05) is 0 Å². The molecule has 5 heteroatoms. The van der Waals surface area contributed by atoms with Gasteiger partial charge in [0.25, 0.3) is 0 Å². The normalized spacial score (nSPS) is 10.6. The molecule has 0 aliphatic rings. The van der Waals surface area contributed by atoms with Crippen LogP contribution in [-0.2, 0) is 6.42 Å². The molecular weight excluding hydrogens is 329 g/mol. The number of hydrogen-bond donors (Lipinski definition) is 0. The molecule has 0 saturated heterocycles. The van der Waals surface area contributed by atoms with E-state index in [1.165, 1.54) is 6.92 Å². The maximum atomic E-state index is 12.2. The summed E-state index contributed by atoms with van der Waals surface area (Å²) < 4.78 is 29.4. The number of rotatable bonds is 4. The molecule has 0 N–H and O–H groups in total. The number of alkyl halides is 2. The third-order valence-electron chi connectivity index (χ3n) is 2.14. The molecule has 0 fully saturated rings. The van der Waals surface area contributed by atoms with E-state index in [2.05, 4.69) is 4.74 Å². The van der Waals surface area contributed by atoms with Crippen molar-refractivity contribution in [1.29, 1.82) is 0 Å². The predicted molar refractivity (Wildman–Crippen MR) is 65.2 cm³/mol. The standard InChI is InChI=1S/C11H11F2IO2/c1-3-7-4-5-8(14)10(16-11(12)13)9(7)6(2)15/h4-5,11H,3H2,1-2H3. The molecule has 0 aliphatic carbocycles. The molecule has 88 valence electrons. The van der Waals surface area contributed by atoms with Gasteiger partial charge in [-0.1, -0.05) is 13.0 Å². The topological polar surface area (TPSA) is 26.3 Å². The molecule has 0 radical (unpaired) electrons. The molecule has 0 spiro atoms. The molecule has 0 aromatic heterocycles. The molecule has 0 amide bonds. The largest absolute Gasteiger partial charge is 0.433 e. The number of carbonyl (C=O) groups is 1. The van der Waals surface area contributed by atoms with Crippen LogP contribution in [0.5, 0.6) is 5.75 Å². The number of halogens is 3. The Morgan fingerprint density at radius 3 is 2.56 bits per heavy atom. The lowest BCUT2D eigenvalue weighted by atomic mass is 10.0. The SMILES string of the molecule is CCc1ccc(I)c(OC(F)F)c1C(C)=O. The van der Waals surface area contributed by atoms with E-state index in [1.807, 2.05) is 29.5 Å². The number of Topliss-reactive ketones (excluding diaryl/α,β-unsaturated/α-hetero) is 1. The molecule has 2 nitrogen and oxygen atoms in total. The fourth-order valence-corrected chi connectivity index (χ4v) is 2.06. The van der Waals surface area contributed by atoms with E-state index in [4.69, 9.17) is 0 Å². The summed E-state index contributed by atoms with van der Waals surface area (Å²) in [6.45, 7) is 0.294. The number of hydrogen-bond acceptors (Lipinski definition) is 2. The van der Waals surface area contributed by atoms with Gasteiger partial charge in [0.15, 0.2) is 5.78 Å². The third kappa shape index (κ3) is 2.90. The molecule has 1 rings (SSSR count). The maximum Gasteiger partial charge on any atom is 0.387 e. The fraction of sp³-hybridized carbons (Fsp3) is 0.364. The van der Waals surface area contributed by atoms with Crippen LogP contribution in [0.25, 0.3) is 0 Å². The van der Waals surface area contributed by atoms with Crippen LogP contribution in [0.15, 0.2) is 12.1 Å². The van der Waals surface area contributed by atoms with E-state index in [0.717, 1.165) is 5.56 Å². The highest BCUT2D eigenvalue weighted by Gasteiger charge is 2.19. The first-order valence-corrected chi connectivity index (χ1v) is 5.82. The molecule has 1 aromatic carbocycles. The zero-order valence-electron chi connectivity index (χ0n) is 8.89. The van der Waals surface area contributed by atoms with Gasteiger partial charge in [-0.2, -0.15) is 8.78 Å². The number of aryl methyl sites for hydroxylation is 1. The van der Waals surface area contributed by atoms with Crippen molar-refractivity contribution in [3.8, 4) is 5.75 Å². The highest BCUT2D eigenvalue weighted by Crippen LogP contribution is 2.30. The zero-order valence-corrected chi connectivity index (χ0v) is 11.0. The fourth-order valence-electron chi connectivity index (χ4n) is 1.48. The van der Waals surface area contributed by atoms with Gasteiger partial charge < -0.3 is 4.74 Å². The van der Waals surface area contributed by atoms with Crippen LogP contribution in [0.4, 0.5) is 8.78 Å². The first-order valence-electron chi connectivity index (χ1n) is 4.74. The summed E-state index contributed by atoms with van der Waals surface area (Å²) in [5.41, 5.74) is 0.985. The Morgan fingerprint density at radius 2 is 2.12 bits per heavy atom. The Hall–Kier alpha value is -0.720. The van der Waals surface area contributed by atoms with E-state index in [1.54, 1.807) is 12.1 Å². The number of carbonyl (C=O) groups excluding carboxylic acids is 1. The summed E-state index contributed by atoms with van der Waals surface area (Å²) in [4.78, 5) is 11.5. The third-order valence-corrected chi connectivity index (χ3v) is 2.99. The van der Waals surface area contributed by atoms with Gasteiger partial charge in [0.05, 0.1) is 9.13 Å². The van der Waals surface area contributed by atoms with E-state index < -0.39 is 6.61 Å². The summed E-state index contributed by atoms with van der Waals surface area (Å²) >= 11 is 1.88. The van der Waals surface area contributed by atoms with E-state index in [-0.39, 0.29) is 17.1 Å². The Morgan fingerprint density at radius 1 is 1.50 bits per heavy atom. The molecule has 0 atom stereocenters. The van der Waals surface area contributed by atoms with Crippen molar-refractivity contribution in [3.05, 3.63) is 26.8 Å². The van der Waals surface area contributed by atoms with Gasteiger partial charge in [0.2, 0.25) is 0 Å².